The van der Waals surface area contributed by atoms with Crippen LogP contribution in [0, 0.1) is 0 Å². The molecule has 264 valence electrons. The van der Waals surface area contributed by atoms with E-state index in [-0.39, 0.29) is 0 Å². The molecule has 0 unspecified atom stereocenters. The van der Waals surface area contributed by atoms with Crippen LogP contribution in [0.4, 0.5) is 0 Å². The van der Waals surface area contributed by atoms with Gasteiger partial charge in [-0.3, -0.25) is 0 Å². The summed E-state index contributed by atoms with van der Waals surface area (Å²) in [5.74, 6) is 2.38. The zero-order valence-electron chi connectivity index (χ0n) is 30.4. The highest BCUT2D eigenvalue weighted by Gasteiger charge is 2.25. The van der Waals surface area contributed by atoms with Gasteiger partial charge in [-0.2, -0.15) is 0 Å². The van der Waals surface area contributed by atoms with Crippen molar-refractivity contribution >= 4 is 85.8 Å². The molecule has 0 N–H and O–H groups in total. The van der Waals surface area contributed by atoms with Gasteiger partial charge in [-0.25, -0.2) is 9.97 Å². The summed E-state index contributed by atoms with van der Waals surface area (Å²) in [6.07, 6.45) is 0. The predicted octanol–water partition coefficient (Wildman–Crippen LogP) is 14.5. The van der Waals surface area contributed by atoms with Crippen LogP contribution < -0.4 is 4.74 Å². The molecule has 0 amide bonds. The summed E-state index contributed by atoms with van der Waals surface area (Å²) < 4.78 is 11.5. The molecule has 0 atom stereocenters. The van der Waals surface area contributed by atoms with Gasteiger partial charge >= 0.3 is 0 Å². The maximum absolute atomic E-state index is 6.87. The molecule has 57 heavy (non-hydrogen) atoms. The van der Waals surface area contributed by atoms with E-state index in [4.69, 9.17) is 14.7 Å². The zero-order valence-corrected chi connectivity index (χ0v) is 31.2. The molecule has 1 aliphatic heterocycles. The van der Waals surface area contributed by atoms with E-state index >= 15 is 0 Å². The van der Waals surface area contributed by atoms with Gasteiger partial charge in [0.2, 0.25) is 0 Å². The molecule has 0 aliphatic carbocycles. The van der Waals surface area contributed by atoms with Crippen LogP contribution in [0.15, 0.2) is 176 Å². The number of hydrogen-bond acceptors (Lipinski definition) is 4. The largest absolute Gasteiger partial charge is 0.456 e. The standard InChI is InChI=1S/C52H29N3OS/c1-2-11-31-26-34(21-20-30(31)10-1)49-51-50(41-15-6-8-19-47(41)57-51)54-52(53-49)40-24-25-45-48-38(16-9-17-39(40)48)37-23-22-35(29-46(37)56-45)55-43-18-7-5-14-36(43)42-27-32-12-3-4-13-33(32)28-44(42)55/h1-29H. The van der Waals surface area contributed by atoms with E-state index in [1.807, 2.05) is 0 Å². The number of thiophene rings is 1. The van der Waals surface area contributed by atoms with Crippen molar-refractivity contribution < 1.29 is 4.74 Å². The molecule has 9 aromatic carbocycles. The minimum atomic E-state index is 0.706. The van der Waals surface area contributed by atoms with Crippen LogP contribution in [0.2, 0.25) is 0 Å². The molecule has 0 saturated carbocycles. The van der Waals surface area contributed by atoms with Crippen molar-refractivity contribution in [3.63, 3.8) is 0 Å². The van der Waals surface area contributed by atoms with Crippen molar-refractivity contribution in [3.8, 4) is 51.0 Å². The average Bonchev–Trinajstić information content (AvgIpc) is 3.80. The Hall–Kier alpha value is -7.34. The number of hydrogen-bond donors (Lipinski definition) is 0. The number of ether oxygens (including phenoxy) is 1. The lowest BCUT2D eigenvalue weighted by molar-refractivity contribution is 0.487. The van der Waals surface area contributed by atoms with E-state index in [1.165, 1.54) is 48.1 Å². The van der Waals surface area contributed by atoms with E-state index in [2.05, 4.69) is 180 Å². The Labute approximate surface area is 330 Å². The molecule has 5 heteroatoms. The molecule has 0 bridgehead atoms. The summed E-state index contributed by atoms with van der Waals surface area (Å²) in [6, 6.07) is 63.0. The average molecular weight is 744 g/mol. The van der Waals surface area contributed by atoms with E-state index in [0.29, 0.717) is 5.82 Å². The van der Waals surface area contributed by atoms with Gasteiger partial charge in [0.25, 0.3) is 0 Å². The smallest absolute Gasteiger partial charge is 0.161 e. The molecule has 4 nitrogen and oxygen atoms in total. The van der Waals surface area contributed by atoms with E-state index in [0.717, 1.165) is 71.5 Å². The van der Waals surface area contributed by atoms with Crippen molar-refractivity contribution in [2.75, 3.05) is 0 Å². The molecule has 3 aromatic heterocycles. The second-order valence-corrected chi connectivity index (χ2v) is 16.0. The Morgan fingerprint density at radius 1 is 0.456 bits per heavy atom. The van der Waals surface area contributed by atoms with Crippen molar-refractivity contribution in [2.24, 2.45) is 0 Å². The maximum atomic E-state index is 6.87. The van der Waals surface area contributed by atoms with Crippen LogP contribution in [0.5, 0.6) is 11.5 Å². The SMILES string of the molecule is c1ccc2cc(-c3nc(-c4ccc5c6c(cccc46)-c4ccc(-n6c7ccccc7c7cc8ccccc8cc76)cc4O5)nc4c3sc3ccccc34)ccc2c1. The monoisotopic (exact) mass is 743 g/mol. The molecule has 12 aromatic rings. The van der Waals surface area contributed by atoms with Gasteiger partial charge in [0.1, 0.15) is 11.5 Å². The van der Waals surface area contributed by atoms with Gasteiger partial charge in [-0.1, -0.05) is 115 Å². The Bertz CT molecular complexity index is 3690. The highest BCUT2D eigenvalue weighted by atomic mass is 32.1. The third-order valence-electron chi connectivity index (χ3n) is 11.8. The molecule has 4 heterocycles. The van der Waals surface area contributed by atoms with Gasteiger partial charge in [0.05, 0.1) is 26.9 Å². The summed E-state index contributed by atoms with van der Waals surface area (Å²) >= 11 is 1.76. The molecule has 0 saturated heterocycles. The normalized spacial score (nSPS) is 12.4. The van der Waals surface area contributed by atoms with Crippen molar-refractivity contribution in [1.29, 1.82) is 0 Å². The molecular weight excluding hydrogens is 715 g/mol. The first-order valence-corrected chi connectivity index (χ1v) is 20.0. The van der Waals surface area contributed by atoms with Crippen molar-refractivity contribution in [2.45, 2.75) is 0 Å². The van der Waals surface area contributed by atoms with E-state index < -0.39 is 0 Å². The molecule has 0 spiro atoms. The number of rotatable bonds is 3. The Morgan fingerprint density at radius 2 is 1.19 bits per heavy atom. The van der Waals surface area contributed by atoms with Crippen LogP contribution >= 0.6 is 11.3 Å². The summed E-state index contributed by atoms with van der Waals surface area (Å²) in [7, 11) is 0. The number of nitrogens with zero attached hydrogens (tertiary/aromatic N) is 3. The highest BCUT2D eigenvalue weighted by Crippen LogP contribution is 2.50. The van der Waals surface area contributed by atoms with Crippen LogP contribution in [0.3, 0.4) is 0 Å². The Balaban J connectivity index is 0.995. The maximum Gasteiger partial charge on any atom is 0.161 e. The minimum Gasteiger partial charge on any atom is -0.456 e. The predicted molar refractivity (Wildman–Crippen MR) is 238 cm³/mol. The second kappa shape index (κ2) is 11.6. The van der Waals surface area contributed by atoms with Gasteiger partial charge in [-0.15, -0.1) is 11.3 Å². The van der Waals surface area contributed by atoms with Crippen LogP contribution in [0.25, 0.3) is 114 Å². The number of aromatic nitrogens is 3. The number of fused-ring (bicyclic) bond motifs is 10. The molecule has 0 fully saturated rings. The van der Waals surface area contributed by atoms with Crippen LogP contribution in [0.1, 0.15) is 0 Å². The summed E-state index contributed by atoms with van der Waals surface area (Å²) in [5, 5.41) is 10.6. The first-order valence-electron chi connectivity index (χ1n) is 19.2. The lowest BCUT2D eigenvalue weighted by Gasteiger charge is -2.23. The van der Waals surface area contributed by atoms with E-state index in [9.17, 15) is 0 Å². The fourth-order valence-corrected chi connectivity index (χ4v) is 10.3. The summed E-state index contributed by atoms with van der Waals surface area (Å²) in [5.41, 5.74) is 9.62. The van der Waals surface area contributed by atoms with Gasteiger partial charge in [0, 0.05) is 54.7 Å². The lowest BCUT2D eigenvalue weighted by Crippen LogP contribution is -2.01. The summed E-state index contributed by atoms with van der Waals surface area (Å²) in [4.78, 5) is 10.7. The Morgan fingerprint density at radius 3 is 2.09 bits per heavy atom. The minimum absolute atomic E-state index is 0.706. The van der Waals surface area contributed by atoms with Crippen molar-refractivity contribution in [3.05, 3.63) is 176 Å². The first kappa shape index (κ1) is 30.9. The van der Waals surface area contributed by atoms with Crippen molar-refractivity contribution in [1.82, 2.24) is 14.5 Å². The fraction of sp³-hybridized carbons (Fsp3) is 0. The van der Waals surface area contributed by atoms with Gasteiger partial charge in [0.15, 0.2) is 5.82 Å². The Kier molecular flexibility index (Phi) is 6.29. The van der Waals surface area contributed by atoms with Crippen LogP contribution in [-0.2, 0) is 0 Å². The molecule has 13 rings (SSSR count). The third-order valence-corrected chi connectivity index (χ3v) is 12.9. The first-order chi connectivity index (χ1) is 28.2. The third kappa shape index (κ3) is 4.49. The van der Waals surface area contributed by atoms with Crippen LogP contribution in [-0.4, -0.2) is 14.5 Å². The number of benzene rings is 9. The van der Waals surface area contributed by atoms with Gasteiger partial charge in [-0.05, 0) is 87.1 Å². The molecule has 1 aliphatic rings. The fourth-order valence-electron chi connectivity index (χ4n) is 9.13. The number of para-hydroxylation sites is 1. The zero-order chi connectivity index (χ0) is 37.2. The summed E-state index contributed by atoms with van der Waals surface area (Å²) in [6.45, 7) is 0. The lowest BCUT2D eigenvalue weighted by atomic mass is 9.92. The molecule has 0 radical (unpaired) electrons. The quantitative estimate of drug-likeness (QED) is 0.181. The topological polar surface area (TPSA) is 39.9 Å². The van der Waals surface area contributed by atoms with E-state index in [1.54, 1.807) is 11.3 Å². The van der Waals surface area contributed by atoms with Gasteiger partial charge < -0.3 is 9.30 Å². The second-order valence-electron chi connectivity index (χ2n) is 14.9. The highest BCUT2D eigenvalue weighted by molar-refractivity contribution is 7.26. The molecular formula is C52H29N3OS.